The predicted octanol–water partition coefficient (Wildman–Crippen LogP) is 2.52. The van der Waals surface area contributed by atoms with Crippen molar-refractivity contribution in [2.24, 2.45) is 5.73 Å². The minimum atomic E-state index is -0.488. The lowest BCUT2D eigenvalue weighted by molar-refractivity contribution is 0.100. The van der Waals surface area contributed by atoms with Gasteiger partial charge in [-0.05, 0) is 30.3 Å². The quantitative estimate of drug-likeness (QED) is 0.789. The Hall–Kier alpha value is -2.95. The molecule has 3 rings (SSSR count). The van der Waals surface area contributed by atoms with Crippen LogP contribution in [0.15, 0.2) is 54.7 Å². The summed E-state index contributed by atoms with van der Waals surface area (Å²) in [4.78, 5) is 19.7. The lowest BCUT2D eigenvalue weighted by atomic mass is 10.2. The van der Waals surface area contributed by atoms with Gasteiger partial charge in [-0.3, -0.25) is 4.79 Å². The van der Waals surface area contributed by atoms with Gasteiger partial charge in [-0.25, -0.2) is 9.97 Å². The highest BCUT2D eigenvalue weighted by molar-refractivity contribution is 5.96. The molecule has 1 amide bonds. The van der Waals surface area contributed by atoms with Gasteiger partial charge in [0.2, 0.25) is 11.8 Å². The van der Waals surface area contributed by atoms with Gasteiger partial charge in [0.15, 0.2) is 0 Å². The Morgan fingerprint density at radius 1 is 1.05 bits per heavy atom. The van der Waals surface area contributed by atoms with E-state index in [9.17, 15) is 4.79 Å². The van der Waals surface area contributed by atoms with E-state index in [4.69, 9.17) is 10.5 Å². The van der Waals surface area contributed by atoms with Crippen LogP contribution in [0.25, 0.3) is 11.0 Å². The van der Waals surface area contributed by atoms with Crippen LogP contribution in [0.2, 0.25) is 0 Å². The number of amides is 1. The highest BCUT2D eigenvalue weighted by Crippen LogP contribution is 2.20. The van der Waals surface area contributed by atoms with Gasteiger partial charge in [0.25, 0.3) is 0 Å². The molecule has 3 aromatic rings. The molecule has 2 aromatic carbocycles. The fourth-order valence-corrected chi connectivity index (χ4v) is 1.81. The van der Waals surface area contributed by atoms with Crippen molar-refractivity contribution in [3.8, 4) is 11.6 Å². The summed E-state index contributed by atoms with van der Waals surface area (Å²) in [6, 6.07) is 14.3. The molecule has 0 saturated heterocycles. The number of fused-ring (bicyclic) bond motifs is 1. The number of carbonyl (C=O) groups is 1. The number of hydrogen-bond acceptors (Lipinski definition) is 4. The van der Waals surface area contributed by atoms with Crippen molar-refractivity contribution in [2.75, 3.05) is 0 Å². The molecule has 0 bridgehead atoms. The summed E-state index contributed by atoms with van der Waals surface area (Å²) in [5, 5.41) is 0. The normalized spacial score (nSPS) is 10.4. The van der Waals surface area contributed by atoms with Crippen LogP contribution in [0.1, 0.15) is 10.4 Å². The first-order valence-electron chi connectivity index (χ1n) is 6.02. The molecular weight excluding hydrogens is 254 g/mol. The molecule has 1 heterocycles. The summed E-state index contributed by atoms with van der Waals surface area (Å²) in [6.45, 7) is 0. The third-order valence-electron chi connectivity index (χ3n) is 2.77. The Kier molecular flexibility index (Phi) is 3.01. The van der Waals surface area contributed by atoms with Crippen molar-refractivity contribution in [3.63, 3.8) is 0 Å². The van der Waals surface area contributed by atoms with E-state index in [1.807, 2.05) is 30.3 Å². The molecule has 5 heteroatoms. The highest BCUT2D eigenvalue weighted by Gasteiger charge is 2.05. The smallest absolute Gasteiger partial charge is 0.248 e. The molecule has 0 saturated carbocycles. The van der Waals surface area contributed by atoms with Crippen molar-refractivity contribution in [1.29, 1.82) is 0 Å². The van der Waals surface area contributed by atoms with Gasteiger partial charge in [-0.1, -0.05) is 18.2 Å². The zero-order valence-corrected chi connectivity index (χ0v) is 10.5. The summed E-state index contributed by atoms with van der Waals surface area (Å²) in [7, 11) is 0. The number of aromatic nitrogens is 2. The number of primary amides is 1. The fraction of sp³-hybridized carbons (Fsp3) is 0. The molecule has 2 N–H and O–H groups in total. The van der Waals surface area contributed by atoms with Gasteiger partial charge >= 0.3 is 0 Å². The van der Waals surface area contributed by atoms with E-state index >= 15 is 0 Å². The summed E-state index contributed by atoms with van der Waals surface area (Å²) < 4.78 is 5.60. The Labute approximate surface area is 115 Å². The molecule has 0 aliphatic rings. The third-order valence-corrected chi connectivity index (χ3v) is 2.77. The molecule has 1 aromatic heterocycles. The highest BCUT2D eigenvalue weighted by atomic mass is 16.5. The Balaban J connectivity index is 1.95. The largest absolute Gasteiger partial charge is 0.437 e. The lowest BCUT2D eigenvalue weighted by Gasteiger charge is -2.05. The van der Waals surface area contributed by atoms with Gasteiger partial charge in [0.1, 0.15) is 5.75 Å². The zero-order valence-electron chi connectivity index (χ0n) is 10.5. The molecule has 0 atom stereocenters. The van der Waals surface area contributed by atoms with Crippen molar-refractivity contribution in [2.45, 2.75) is 0 Å². The number of nitrogens with two attached hydrogens (primary N) is 1. The maximum absolute atomic E-state index is 11.1. The average molecular weight is 265 g/mol. The van der Waals surface area contributed by atoms with Crippen LogP contribution in [0.5, 0.6) is 11.6 Å². The molecule has 0 unspecified atom stereocenters. The number of ether oxygens (including phenoxy) is 1. The van der Waals surface area contributed by atoms with E-state index < -0.39 is 5.91 Å². The van der Waals surface area contributed by atoms with Crippen LogP contribution in [0, 0.1) is 0 Å². The number of hydrogen-bond donors (Lipinski definition) is 1. The van der Waals surface area contributed by atoms with Gasteiger partial charge in [-0.2, -0.15) is 0 Å². The molecular formula is C15H11N3O2. The van der Waals surface area contributed by atoms with Crippen LogP contribution >= 0.6 is 0 Å². The molecule has 0 aliphatic carbocycles. The molecule has 5 nitrogen and oxygen atoms in total. The maximum Gasteiger partial charge on any atom is 0.248 e. The predicted molar refractivity (Wildman–Crippen MR) is 74.6 cm³/mol. The molecule has 0 spiro atoms. The van der Waals surface area contributed by atoms with Crippen molar-refractivity contribution < 1.29 is 9.53 Å². The van der Waals surface area contributed by atoms with E-state index in [0.717, 1.165) is 0 Å². The Morgan fingerprint density at radius 3 is 2.60 bits per heavy atom. The number of nitrogens with zero attached hydrogens (tertiary/aromatic N) is 2. The number of rotatable bonds is 3. The molecule has 0 radical (unpaired) electrons. The van der Waals surface area contributed by atoms with Crippen LogP contribution in [0.4, 0.5) is 0 Å². The van der Waals surface area contributed by atoms with Gasteiger partial charge < -0.3 is 10.5 Å². The summed E-state index contributed by atoms with van der Waals surface area (Å²) in [5.74, 6) is 0.601. The third kappa shape index (κ3) is 2.42. The summed E-state index contributed by atoms with van der Waals surface area (Å²) in [6.07, 6.45) is 1.51. The standard InChI is InChI=1S/C15H11N3O2/c16-15(19)10-6-7-12-13(8-10)17-9-14(18-12)20-11-4-2-1-3-5-11/h1-9H,(H2,16,19). The summed E-state index contributed by atoms with van der Waals surface area (Å²) >= 11 is 0. The minimum absolute atomic E-state index is 0.399. The number of para-hydroxylation sites is 1. The summed E-state index contributed by atoms with van der Waals surface area (Å²) in [5.41, 5.74) is 6.87. The minimum Gasteiger partial charge on any atom is -0.437 e. The second-order valence-corrected chi connectivity index (χ2v) is 4.19. The SMILES string of the molecule is NC(=O)c1ccc2nc(Oc3ccccc3)cnc2c1. The van der Waals surface area contributed by atoms with Crippen LogP contribution < -0.4 is 10.5 Å². The van der Waals surface area contributed by atoms with Crippen molar-refractivity contribution >= 4 is 16.9 Å². The van der Waals surface area contributed by atoms with Crippen LogP contribution in [-0.4, -0.2) is 15.9 Å². The first kappa shape index (κ1) is 12.1. The van der Waals surface area contributed by atoms with Gasteiger partial charge in [0, 0.05) is 5.56 Å². The second kappa shape index (κ2) is 4.97. The first-order valence-corrected chi connectivity index (χ1v) is 6.02. The van der Waals surface area contributed by atoms with Gasteiger partial charge in [0.05, 0.1) is 17.2 Å². The van der Waals surface area contributed by atoms with Crippen molar-refractivity contribution in [1.82, 2.24) is 9.97 Å². The molecule has 98 valence electrons. The van der Waals surface area contributed by atoms with E-state index in [-0.39, 0.29) is 0 Å². The van der Waals surface area contributed by atoms with Crippen molar-refractivity contribution in [3.05, 3.63) is 60.3 Å². The molecule has 0 fully saturated rings. The monoisotopic (exact) mass is 265 g/mol. The Bertz CT molecular complexity index is 772. The lowest BCUT2D eigenvalue weighted by Crippen LogP contribution is -2.10. The first-order chi connectivity index (χ1) is 9.72. The van der Waals surface area contributed by atoms with Gasteiger partial charge in [-0.15, -0.1) is 0 Å². The fourth-order valence-electron chi connectivity index (χ4n) is 1.81. The van der Waals surface area contributed by atoms with E-state index in [1.165, 1.54) is 6.20 Å². The van der Waals surface area contributed by atoms with E-state index in [1.54, 1.807) is 18.2 Å². The molecule has 20 heavy (non-hydrogen) atoms. The Morgan fingerprint density at radius 2 is 1.85 bits per heavy atom. The topological polar surface area (TPSA) is 78.1 Å². The van der Waals surface area contributed by atoms with E-state index in [2.05, 4.69) is 9.97 Å². The second-order valence-electron chi connectivity index (χ2n) is 4.19. The molecule has 0 aliphatic heterocycles. The van der Waals surface area contributed by atoms with E-state index in [0.29, 0.717) is 28.2 Å². The van der Waals surface area contributed by atoms with Crippen LogP contribution in [0.3, 0.4) is 0 Å². The van der Waals surface area contributed by atoms with Crippen LogP contribution in [-0.2, 0) is 0 Å². The zero-order chi connectivity index (χ0) is 13.9. The maximum atomic E-state index is 11.1. The number of benzene rings is 2. The number of carbonyl (C=O) groups excluding carboxylic acids is 1. The average Bonchev–Trinajstić information content (AvgIpc) is 2.47.